The molecule has 0 bridgehead atoms. The molecule has 0 aliphatic rings. The molecular weight excluding hydrogens is 258 g/mol. The Morgan fingerprint density at radius 3 is 2.21 bits per heavy atom. The summed E-state index contributed by atoms with van der Waals surface area (Å²) < 4.78 is 0. The Bertz CT molecular complexity index is 577. The average molecular weight is 276 g/mol. The van der Waals surface area contributed by atoms with Crippen LogP contribution in [0.5, 0.6) is 0 Å². The second-order valence-corrected chi connectivity index (χ2v) is 5.35. The number of anilines is 2. The van der Waals surface area contributed by atoms with Gasteiger partial charge < -0.3 is 5.32 Å². The zero-order valence-corrected chi connectivity index (χ0v) is 12.4. The van der Waals surface area contributed by atoms with Gasteiger partial charge in [-0.2, -0.15) is 0 Å². The summed E-state index contributed by atoms with van der Waals surface area (Å²) >= 11 is 5.94. The van der Waals surface area contributed by atoms with Gasteiger partial charge in [0.05, 0.1) is 0 Å². The summed E-state index contributed by atoms with van der Waals surface area (Å²) in [6.07, 6.45) is 0. The van der Waals surface area contributed by atoms with Crippen LogP contribution in [0, 0.1) is 13.8 Å². The Balaban J connectivity index is 2.24. The van der Waals surface area contributed by atoms with E-state index >= 15 is 0 Å². The number of nitrogens with zero attached hydrogens (tertiary/aromatic N) is 2. The minimum absolute atomic E-state index is 0.457. The van der Waals surface area contributed by atoms with Gasteiger partial charge in [0.2, 0.25) is 0 Å². The van der Waals surface area contributed by atoms with E-state index in [1.165, 1.54) is 5.56 Å². The van der Waals surface area contributed by atoms with Crippen molar-refractivity contribution in [2.45, 2.75) is 33.6 Å². The van der Waals surface area contributed by atoms with Crippen molar-refractivity contribution in [1.29, 1.82) is 0 Å². The molecule has 1 aromatic carbocycles. The Hall–Kier alpha value is -1.61. The predicted molar refractivity (Wildman–Crippen MR) is 80.3 cm³/mol. The van der Waals surface area contributed by atoms with Crippen molar-refractivity contribution in [3.05, 3.63) is 46.1 Å². The molecule has 0 aliphatic heterocycles. The second kappa shape index (κ2) is 5.57. The summed E-state index contributed by atoms with van der Waals surface area (Å²) in [6.45, 7) is 8.29. The SMILES string of the molecule is Cc1c(Cl)nnc(Nc2ccc(C(C)C)cc2)c1C. The summed E-state index contributed by atoms with van der Waals surface area (Å²) in [6, 6.07) is 8.36. The van der Waals surface area contributed by atoms with E-state index in [-0.39, 0.29) is 0 Å². The molecule has 0 amide bonds. The molecule has 0 saturated heterocycles. The lowest BCUT2D eigenvalue weighted by Gasteiger charge is -2.11. The Morgan fingerprint density at radius 2 is 1.63 bits per heavy atom. The van der Waals surface area contributed by atoms with E-state index in [2.05, 4.69) is 53.6 Å². The fraction of sp³-hybridized carbons (Fsp3) is 0.333. The van der Waals surface area contributed by atoms with Crippen molar-refractivity contribution in [2.75, 3.05) is 5.32 Å². The van der Waals surface area contributed by atoms with E-state index in [4.69, 9.17) is 11.6 Å². The molecule has 0 unspecified atom stereocenters. The third-order valence-corrected chi connectivity index (χ3v) is 3.66. The molecule has 0 atom stereocenters. The van der Waals surface area contributed by atoms with E-state index in [9.17, 15) is 0 Å². The Morgan fingerprint density at radius 1 is 1.00 bits per heavy atom. The maximum atomic E-state index is 5.94. The van der Waals surface area contributed by atoms with Crippen molar-refractivity contribution in [3.8, 4) is 0 Å². The van der Waals surface area contributed by atoms with Crippen molar-refractivity contribution >= 4 is 23.1 Å². The number of hydrogen-bond donors (Lipinski definition) is 1. The van der Waals surface area contributed by atoms with Crippen molar-refractivity contribution in [2.24, 2.45) is 0 Å². The Labute approximate surface area is 119 Å². The minimum atomic E-state index is 0.457. The number of benzene rings is 1. The van der Waals surface area contributed by atoms with E-state index in [0.717, 1.165) is 22.6 Å². The fourth-order valence-electron chi connectivity index (χ4n) is 1.78. The first-order valence-electron chi connectivity index (χ1n) is 6.35. The lowest BCUT2D eigenvalue weighted by molar-refractivity contribution is 0.867. The minimum Gasteiger partial charge on any atom is -0.339 e. The molecule has 100 valence electrons. The third kappa shape index (κ3) is 3.04. The molecular formula is C15H18ClN3. The first kappa shape index (κ1) is 13.8. The summed E-state index contributed by atoms with van der Waals surface area (Å²) in [7, 11) is 0. The van der Waals surface area contributed by atoms with Crippen LogP contribution in [0.1, 0.15) is 36.5 Å². The summed E-state index contributed by atoms with van der Waals surface area (Å²) in [4.78, 5) is 0. The normalized spacial score (nSPS) is 10.8. The highest BCUT2D eigenvalue weighted by Crippen LogP contribution is 2.24. The molecule has 0 spiro atoms. The molecule has 4 heteroatoms. The monoisotopic (exact) mass is 275 g/mol. The lowest BCUT2D eigenvalue weighted by atomic mass is 10.0. The van der Waals surface area contributed by atoms with Crippen molar-refractivity contribution in [3.63, 3.8) is 0 Å². The van der Waals surface area contributed by atoms with E-state index in [1.54, 1.807) is 0 Å². The van der Waals surface area contributed by atoms with Gasteiger partial charge in [-0.3, -0.25) is 0 Å². The first-order valence-corrected chi connectivity index (χ1v) is 6.73. The van der Waals surface area contributed by atoms with Gasteiger partial charge in [-0.25, -0.2) is 0 Å². The lowest BCUT2D eigenvalue weighted by Crippen LogP contribution is -2.01. The Kier molecular flexibility index (Phi) is 4.05. The zero-order valence-electron chi connectivity index (χ0n) is 11.7. The molecule has 1 aromatic heterocycles. The maximum absolute atomic E-state index is 5.94. The molecule has 19 heavy (non-hydrogen) atoms. The van der Waals surface area contributed by atoms with Gasteiger partial charge in [-0.05, 0) is 48.6 Å². The van der Waals surface area contributed by atoms with Gasteiger partial charge in [0.15, 0.2) is 11.0 Å². The highest BCUT2D eigenvalue weighted by molar-refractivity contribution is 6.30. The van der Waals surface area contributed by atoms with Gasteiger partial charge in [-0.15, -0.1) is 10.2 Å². The van der Waals surface area contributed by atoms with Crippen LogP contribution in [0.25, 0.3) is 0 Å². The van der Waals surface area contributed by atoms with Crippen LogP contribution in [0.4, 0.5) is 11.5 Å². The standard InChI is InChI=1S/C15H18ClN3/c1-9(2)12-5-7-13(8-6-12)17-15-11(4)10(3)14(16)18-19-15/h5-9H,1-4H3,(H,17,19). The molecule has 1 heterocycles. The molecule has 0 saturated carbocycles. The van der Waals surface area contributed by atoms with Gasteiger partial charge in [0.1, 0.15) is 0 Å². The average Bonchev–Trinajstić information content (AvgIpc) is 2.40. The number of rotatable bonds is 3. The van der Waals surface area contributed by atoms with Crippen LogP contribution >= 0.6 is 11.6 Å². The predicted octanol–water partition coefficient (Wildman–Crippen LogP) is 4.61. The number of halogens is 1. The second-order valence-electron chi connectivity index (χ2n) is 4.99. The topological polar surface area (TPSA) is 37.8 Å². The number of hydrogen-bond acceptors (Lipinski definition) is 3. The summed E-state index contributed by atoms with van der Waals surface area (Å²) in [5, 5.41) is 11.8. The van der Waals surface area contributed by atoms with Crippen LogP contribution in [0.3, 0.4) is 0 Å². The molecule has 2 rings (SSSR count). The molecule has 1 N–H and O–H groups in total. The van der Waals surface area contributed by atoms with Crippen LogP contribution in [0.15, 0.2) is 24.3 Å². The quantitative estimate of drug-likeness (QED) is 0.889. The van der Waals surface area contributed by atoms with Gasteiger partial charge in [0.25, 0.3) is 0 Å². The third-order valence-electron chi connectivity index (χ3n) is 3.31. The maximum Gasteiger partial charge on any atom is 0.156 e. The van der Waals surface area contributed by atoms with Gasteiger partial charge in [0, 0.05) is 5.69 Å². The smallest absolute Gasteiger partial charge is 0.156 e. The van der Waals surface area contributed by atoms with Crippen LogP contribution < -0.4 is 5.32 Å². The largest absolute Gasteiger partial charge is 0.339 e. The molecule has 0 radical (unpaired) electrons. The van der Waals surface area contributed by atoms with Crippen molar-refractivity contribution < 1.29 is 0 Å². The molecule has 2 aromatic rings. The number of nitrogens with one attached hydrogen (secondary N) is 1. The summed E-state index contributed by atoms with van der Waals surface area (Å²) in [5.41, 5.74) is 4.30. The molecule has 0 fully saturated rings. The van der Waals surface area contributed by atoms with Gasteiger partial charge >= 0.3 is 0 Å². The van der Waals surface area contributed by atoms with Crippen molar-refractivity contribution in [1.82, 2.24) is 10.2 Å². The van der Waals surface area contributed by atoms with Crippen LogP contribution in [-0.2, 0) is 0 Å². The zero-order chi connectivity index (χ0) is 14.0. The van der Waals surface area contributed by atoms with E-state index < -0.39 is 0 Å². The van der Waals surface area contributed by atoms with Crippen LogP contribution in [0.2, 0.25) is 5.15 Å². The molecule has 0 aliphatic carbocycles. The number of aromatic nitrogens is 2. The highest BCUT2D eigenvalue weighted by atomic mass is 35.5. The van der Waals surface area contributed by atoms with Crippen LogP contribution in [-0.4, -0.2) is 10.2 Å². The highest BCUT2D eigenvalue weighted by Gasteiger charge is 2.08. The van der Waals surface area contributed by atoms with E-state index in [1.807, 2.05) is 13.8 Å². The van der Waals surface area contributed by atoms with Gasteiger partial charge in [-0.1, -0.05) is 37.6 Å². The fourth-order valence-corrected chi connectivity index (χ4v) is 1.96. The van der Waals surface area contributed by atoms with E-state index in [0.29, 0.717) is 11.1 Å². The molecule has 3 nitrogen and oxygen atoms in total. The first-order chi connectivity index (χ1) is 8.99. The summed E-state index contributed by atoms with van der Waals surface area (Å²) in [5.74, 6) is 1.28.